The lowest BCUT2D eigenvalue weighted by Crippen LogP contribution is -2.09. The van der Waals surface area contributed by atoms with Gasteiger partial charge in [0, 0.05) is 27.1 Å². The lowest BCUT2D eigenvalue weighted by Gasteiger charge is -2.18. The molecule has 0 spiro atoms. The predicted molar refractivity (Wildman–Crippen MR) is 80.2 cm³/mol. The molecule has 0 aliphatic carbocycles. The summed E-state index contributed by atoms with van der Waals surface area (Å²) in [6.07, 6.45) is 0. The summed E-state index contributed by atoms with van der Waals surface area (Å²) >= 11 is 6.73. The second-order valence-corrected chi connectivity index (χ2v) is 6.05. The van der Waals surface area contributed by atoms with Gasteiger partial charge >= 0.3 is 0 Å². The molecule has 0 amide bonds. The van der Waals surface area contributed by atoms with Crippen LogP contribution in [0.3, 0.4) is 0 Å². The van der Waals surface area contributed by atoms with Gasteiger partial charge in [0.05, 0.1) is 5.69 Å². The number of hydrogen-bond donors (Lipinski definition) is 1. The summed E-state index contributed by atoms with van der Waals surface area (Å²) in [7, 11) is 0. The molecule has 2 aromatic rings. The zero-order valence-electron chi connectivity index (χ0n) is 10.4. The Hall–Kier alpha value is -1.01. The molecule has 2 aromatic carbocycles. The summed E-state index contributed by atoms with van der Waals surface area (Å²) in [6, 6.07) is 6.63. The van der Waals surface area contributed by atoms with Crippen LogP contribution in [0.5, 0.6) is 0 Å². The Bertz CT molecular complexity index is 647. The van der Waals surface area contributed by atoms with Crippen LogP contribution < -0.4 is 5.32 Å². The van der Waals surface area contributed by atoms with Crippen molar-refractivity contribution in [3.05, 3.63) is 62.3 Å². The van der Waals surface area contributed by atoms with Crippen molar-refractivity contribution >= 4 is 37.5 Å². The minimum atomic E-state index is -1.21. The number of hydrogen-bond acceptors (Lipinski definition) is 1. The summed E-state index contributed by atoms with van der Waals surface area (Å²) in [5.74, 6) is -3.13. The molecule has 0 heterocycles. The molecule has 1 atom stereocenters. The molecule has 1 N–H and O–H groups in total. The van der Waals surface area contributed by atoms with Gasteiger partial charge in [-0.3, -0.25) is 0 Å². The quantitative estimate of drug-likeness (QED) is 0.632. The minimum absolute atomic E-state index is 0.204. The third-order valence-electron chi connectivity index (χ3n) is 2.79. The molecule has 6 heteroatoms. The minimum Gasteiger partial charge on any atom is -0.376 e. The molecule has 0 bridgehead atoms. The summed E-state index contributed by atoms with van der Waals surface area (Å²) in [4.78, 5) is 0. The summed E-state index contributed by atoms with van der Waals surface area (Å²) < 4.78 is 41.6. The Labute approximate surface area is 131 Å². The second kappa shape index (κ2) is 6.18. The summed E-state index contributed by atoms with van der Waals surface area (Å²) in [5, 5.41) is 2.77. The van der Waals surface area contributed by atoms with Crippen LogP contribution in [0.15, 0.2) is 39.3 Å². The van der Waals surface area contributed by atoms with E-state index in [1.807, 2.05) is 18.2 Å². The molecule has 20 heavy (non-hydrogen) atoms. The highest BCUT2D eigenvalue weighted by Gasteiger charge is 2.15. The van der Waals surface area contributed by atoms with Gasteiger partial charge in [0.2, 0.25) is 0 Å². The molecule has 0 aromatic heterocycles. The van der Waals surface area contributed by atoms with Crippen LogP contribution in [0, 0.1) is 17.5 Å². The fourth-order valence-electron chi connectivity index (χ4n) is 1.82. The third kappa shape index (κ3) is 3.35. The van der Waals surface area contributed by atoms with Crippen LogP contribution in [0.2, 0.25) is 0 Å². The maximum Gasteiger partial charge on any atom is 0.182 e. The topological polar surface area (TPSA) is 12.0 Å². The van der Waals surface area contributed by atoms with Crippen molar-refractivity contribution in [2.75, 3.05) is 5.32 Å². The van der Waals surface area contributed by atoms with E-state index in [0.717, 1.165) is 20.6 Å². The highest BCUT2D eigenvalue weighted by atomic mass is 79.9. The first-order chi connectivity index (χ1) is 9.38. The molecular formula is C14H10Br2F3N. The van der Waals surface area contributed by atoms with Gasteiger partial charge in [0.25, 0.3) is 0 Å². The summed E-state index contributed by atoms with van der Waals surface area (Å²) in [5.41, 5.74) is 0.641. The van der Waals surface area contributed by atoms with E-state index in [4.69, 9.17) is 0 Å². The van der Waals surface area contributed by atoms with Crippen molar-refractivity contribution < 1.29 is 13.2 Å². The Morgan fingerprint density at radius 3 is 2.40 bits per heavy atom. The molecule has 0 saturated heterocycles. The number of benzene rings is 2. The highest BCUT2D eigenvalue weighted by Crippen LogP contribution is 2.30. The number of nitrogens with one attached hydrogen (secondary N) is 1. The molecular weight excluding hydrogens is 399 g/mol. The molecule has 0 aliphatic rings. The molecule has 0 aliphatic heterocycles. The van der Waals surface area contributed by atoms with Crippen molar-refractivity contribution in [3.63, 3.8) is 0 Å². The Kier molecular flexibility index (Phi) is 4.75. The van der Waals surface area contributed by atoms with E-state index in [-0.39, 0.29) is 11.7 Å². The van der Waals surface area contributed by atoms with Crippen LogP contribution in [0.1, 0.15) is 18.5 Å². The maximum absolute atomic E-state index is 13.6. The van der Waals surface area contributed by atoms with Gasteiger partial charge in [-0.25, -0.2) is 13.2 Å². The van der Waals surface area contributed by atoms with Gasteiger partial charge in [-0.05, 0) is 24.6 Å². The van der Waals surface area contributed by atoms with Crippen molar-refractivity contribution in [3.8, 4) is 0 Å². The van der Waals surface area contributed by atoms with Crippen molar-refractivity contribution in [2.24, 2.45) is 0 Å². The van der Waals surface area contributed by atoms with Gasteiger partial charge in [0.1, 0.15) is 5.82 Å². The van der Waals surface area contributed by atoms with Gasteiger partial charge in [-0.15, -0.1) is 0 Å². The molecule has 0 radical (unpaired) electrons. The van der Waals surface area contributed by atoms with Crippen molar-refractivity contribution in [2.45, 2.75) is 13.0 Å². The predicted octanol–water partition coefficient (Wildman–Crippen LogP) is 5.80. The molecule has 106 valence electrons. The zero-order valence-corrected chi connectivity index (χ0v) is 13.5. The van der Waals surface area contributed by atoms with Gasteiger partial charge in [0.15, 0.2) is 11.6 Å². The van der Waals surface area contributed by atoms with Gasteiger partial charge in [-0.1, -0.05) is 37.9 Å². The van der Waals surface area contributed by atoms with Crippen LogP contribution in [0.4, 0.5) is 18.9 Å². The summed E-state index contributed by atoms with van der Waals surface area (Å²) in [6.45, 7) is 1.77. The lowest BCUT2D eigenvalue weighted by molar-refractivity contribution is 0.496. The fraction of sp³-hybridized carbons (Fsp3) is 0.143. The second-order valence-electron chi connectivity index (χ2n) is 4.28. The van der Waals surface area contributed by atoms with Crippen LogP contribution in [-0.2, 0) is 0 Å². The molecule has 1 unspecified atom stereocenters. The van der Waals surface area contributed by atoms with Crippen LogP contribution in [0.25, 0.3) is 0 Å². The largest absolute Gasteiger partial charge is 0.376 e. The highest BCUT2D eigenvalue weighted by molar-refractivity contribution is 9.11. The molecule has 0 fully saturated rings. The van der Waals surface area contributed by atoms with E-state index in [1.165, 1.54) is 0 Å². The first-order valence-corrected chi connectivity index (χ1v) is 7.33. The first-order valence-electron chi connectivity index (χ1n) is 5.74. The zero-order chi connectivity index (χ0) is 14.9. The monoisotopic (exact) mass is 407 g/mol. The van der Waals surface area contributed by atoms with E-state index in [1.54, 1.807) is 6.92 Å². The van der Waals surface area contributed by atoms with E-state index >= 15 is 0 Å². The SMILES string of the molecule is CC(Nc1cc(F)cc(F)c1F)c1ccc(Br)cc1Br. The maximum atomic E-state index is 13.6. The molecule has 0 saturated carbocycles. The fourth-order valence-corrected chi connectivity index (χ4v) is 3.22. The van der Waals surface area contributed by atoms with E-state index in [2.05, 4.69) is 37.2 Å². The Balaban J connectivity index is 2.30. The van der Waals surface area contributed by atoms with Crippen molar-refractivity contribution in [1.29, 1.82) is 0 Å². The number of anilines is 1. The third-order valence-corrected chi connectivity index (χ3v) is 3.97. The van der Waals surface area contributed by atoms with Gasteiger partial charge < -0.3 is 5.32 Å². The van der Waals surface area contributed by atoms with Gasteiger partial charge in [-0.2, -0.15) is 0 Å². The first kappa shape index (κ1) is 15.4. The molecule has 2 rings (SSSR count). The van der Waals surface area contributed by atoms with E-state index in [0.29, 0.717) is 6.07 Å². The normalized spacial score (nSPS) is 12.3. The number of rotatable bonds is 3. The van der Waals surface area contributed by atoms with E-state index < -0.39 is 17.5 Å². The average molecular weight is 409 g/mol. The van der Waals surface area contributed by atoms with Crippen LogP contribution >= 0.6 is 31.9 Å². The molecule has 1 nitrogen and oxygen atoms in total. The lowest BCUT2D eigenvalue weighted by atomic mass is 10.1. The smallest absolute Gasteiger partial charge is 0.182 e. The Morgan fingerprint density at radius 2 is 1.75 bits per heavy atom. The standard InChI is InChI=1S/C14H10Br2F3N/c1-7(10-3-2-8(15)4-11(10)16)20-13-6-9(17)5-12(18)14(13)19/h2-7,20H,1H3. The Morgan fingerprint density at radius 1 is 1.05 bits per heavy atom. The van der Waals surface area contributed by atoms with Crippen LogP contribution in [-0.4, -0.2) is 0 Å². The van der Waals surface area contributed by atoms with Crippen molar-refractivity contribution in [1.82, 2.24) is 0 Å². The number of halogens is 5. The van der Waals surface area contributed by atoms with E-state index in [9.17, 15) is 13.2 Å². The average Bonchev–Trinajstić information content (AvgIpc) is 2.35.